The summed E-state index contributed by atoms with van der Waals surface area (Å²) in [5.41, 5.74) is 0. The molecule has 0 aliphatic carbocycles. The highest BCUT2D eigenvalue weighted by Gasteiger charge is 2.09. The second-order valence-electron chi connectivity index (χ2n) is 2.75. The highest BCUT2D eigenvalue weighted by molar-refractivity contribution is 5.38. The normalized spacial score (nSPS) is 11.2. The van der Waals surface area contributed by atoms with Crippen molar-refractivity contribution >= 4 is 19.4 Å². The molecule has 6 nitrogen and oxygen atoms in total. The Labute approximate surface area is 87.5 Å². The van der Waals surface area contributed by atoms with Crippen molar-refractivity contribution in [3.05, 3.63) is 0 Å². The summed E-state index contributed by atoms with van der Waals surface area (Å²) < 4.78 is 13.6. The molecule has 0 saturated carbocycles. The van der Waals surface area contributed by atoms with Gasteiger partial charge in [0.15, 0.2) is 0 Å². The Morgan fingerprint density at radius 2 is 1.67 bits per heavy atom. The lowest BCUT2D eigenvalue weighted by Crippen LogP contribution is -2.19. The van der Waals surface area contributed by atoms with Crippen LogP contribution in [0.15, 0.2) is 0 Å². The lowest BCUT2D eigenvalue weighted by Gasteiger charge is -2.13. The Balaban J connectivity index is 3.50. The third-order valence-corrected chi connectivity index (χ3v) is 1.70. The molecule has 0 radical (unpaired) electrons. The van der Waals surface area contributed by atoms with Crippen molar-refractivity contribution in [2.24, 2.45) is 0 Å². The van der Waals surface area contributed by atoms with Gasteiger partial charge in [-0.1, -0.05) is 0 Å². The molecule has 0 aromatic heterocycles. The average Bonchev–Trinajstić information content (AvgIpc) is 2.25. The SMILES string of the molecule is O=COCCCCC(COC=O)OC=O. The van der Waals surface area contributed by atoms with Gasteiger partial charge >= 0.3 is 0 Å². The monoisotopic (exact) mass is 218 g/mol. The molecule has 86 valence electrons. The van der Waals surface area contributed by atoms with Crippen molar-refractivity contribution in [3.8, 4) is 0 Å². The standard InChI is InChI=1S/C9H14O6/c10-6-13-4-2-1-3-9(15-8-12)5-14-7-11/h6-9H,1-5H2. The summed E-state index contributed by atoms with van der Waals surface area (Å²) in [7, 11) is 0. The van der Waals surface area contributed by atoms with Crippen LogP contribution in [0.2, 0.25) is 0 Å². The van der Waals surface area contributed by atoms with Crippen molar-refractivity contribution in [1.82, 2.24) is 0 Å². The Bertz CT molecular complexity index is 181. The van der Waals surface area contributed by atoms with Crippen LogP contribution < -0.4 is 0 Å². The highest BCUT2D eigenvalue weighted by atomic mass is 16.6. The van der Waals surface area contributed by atoms with Crippen LogP contribution >= 0.6 is 0 Å². The summed E-state index contributed by atoms with van der Waals surface area (Å²) in [4.78, 5) is 29.8. The van der Waals surface area contributed by atoms with Crippen molar-refractivity contribution < 1.29 is 28.6 Å². The Hall–Kier alpha value is -1.59. The van der Waals surface area contributed by atoms with E-state index in [0.29, 0.717) is 45.3 Å². The maximum absolute atomic E-state index is 10.1. The maximum atomic E-state index is 10.1. The minimum Gasteiger partial charge on any atom is -0.468 e. The Morgan fingerprint density at radius 1 is 0.933 bits per heavy atom. The van der Waals surface area contributed by atoms with Crippen molar-refractivity contribution in [2.75, 3.05) is 13.2 Å². The summed E-state index contributed by atoms with van der Waals surface area (Å²) in [6.45, 7) is 1.40. The molecule has 0 amide bonds. The molecule has 0 spiro atoms. The molecule has 6 heteroatoms. The number of hydrogen-bond acceptors (Lipinski definition) is 6. The first-order chi connectivity index (χ1) is 7.35. The van der Waals surface area contributed by atoms with Crippen LogP contribution in [0, 0.1) is 0 Å². The zero-order valence-corrected chi connectivity index (χ0v) is 8.29. The van der Waals surface area contributed by atoms with E-state index < -0.39 is 6.10 Å². The fourth-order valence-electron chi connectivity index (χ4n) is 1.02. The van der Waals surface area contributed by atoms with E-state index in [-0.39, 0.29) is 6.61 Å². The quantitative estimate of drug-likeness (QED) is 0.277. The fourth-order valence-corrected chi connectivity index (χ4v) is 1.02. The lowest BCUT2D eigenvalue weighted by molar-refractivity contribution is -0.143. The van der Waals surface area contributed by atoms with Crippen LogP contribution in [0.5, 0.6) is 0 Å². The predicted octanol–water partition coefficient (Wildman–Crippen LogP) is 0.0443. The third-order valence-electron chi connectivity index (χ3n) is 1.70. The van der Waals surface area contributed by atoms with Crippen LogP contribution in [0.25, 0.3) is 0 Å². The van der Waals surface area contributed by atoms with Crippen molar-refractivity contribution in [2.45, 2.75) is 25.4 Å². The summed E-state index contributed by atoms with van der Waals surface area (Å²) in [6.07, 6.45) is 1.53. The lowest BCUT2D eigenvalue weighted by atomic mass is 10.1. The number of ether oxygens (including phenoxy) is 3. The van der Waals surface area contributed by atoms with Crippen LogP contribution in [-0.4, -0.2) is 38.7 Å². The van der Waals surface area contributed by atoms with Crippen LogP contribution in [-0.2, 0) is 28.6 Å². The molecule has 15 heavy (non-hydrogen) atoms. The number of rotatable bonds is 11. The summed E-state index contributed by atoms with van der Waals surface area (Å²) in [5, 5.41) is 0. The van der Waals surface area contributed by atoms with Gasteiger partial charge < -0.3 is 14.2 Å². The van der Waals surface area contributed by atoms with Crippen molar-refractivity contribution in [1.29, 1.82) is 0 Å². The first kappa shape index (κ1) is 13.4. The molecule has 0 heterocycles. The molecule has 0 fully saturated rings. The number of unbranched alkanes of at least 4 members (excludes halogenated alkanes) is 1. The first-order valence-corrected chi connectivity index (χ1v) is 4.54. The van der Waals surface area contributed by atoms with E-state index in [4.69, 9.17) is 0 Å². The molecule has 0 N–H and O–H groups in total. The van der Waals surface area contributed by atoms with Gasteiger partial charge in [0.05, 0.1) is 6.61 Å². The molecule has 0 saturated heterocycles. The van der Waals surface area contributed by atoms with Crippen molar-refractivity contribution in [3.63, 3.8) is 0 Å². The van der Waals surface area contributed by atoms with E-state index in [0.717, 1.165) is 0 Å². The van der Waals surface area contributed by atoms with E-state index in [1.54, 1.807) is 0 Å². The summed E-state index contributed by atoms with van der Waals surface area (Å²) >= 11 is 0. The average molecular weight is 218 g/mol. The van der Waals surface area contributed by atoms with E-state index in [2.05, 4.69) is 14.2 Å². The second-order valence-corrected chi connectivity index (χ2v) is 2.75. The zero-order valence-electron chi connectivity index (χ0n) is 8.29. The van der Waals surface area contributed by atoms with Gasteiger partial charge in [-0.25, -0.2) is 0 Å². The van der Waals surface area contributed by atoms with Crippen LogP contribution in [0.1, 0.15) is 19.3 Å². The summed E-state index contributed by atoms with van der Waals surface area (Å²) in [6, 6.07) is 0. The summed E-state index contributed by atoms with van der Waals surface area (Å²) in [5.74, 6) is 0. The van der Waals surface area contributed by atoms with Gasteiger partial charge in [-0.05, 0) is 19.3 Å². The topological polar surface area (TPSA) is 78.9 Å². The third kappa shape index (κ3) is 8.73. The minimum absolute atomic E-state index is 0.0524. The fraction of sp³-hybridized carbons (Fsp3) is 0.667. The van der Waals surface area contributed by atoms with Gasteiger partial charge in [-0.15, -0.1) is 0 Å². The molecule has 0 aromatic rings. The van der Waals surface area contributed by atoms with Gasteiger partial charge in [-0.3, -0.25) is 14.4 Å². The molecule has 0 rings (SSSR count). The number of carbonyl (C=O) groups is 3. The number of carbonyl (C=O) groups excluding carboxylic acids is 3. The number of hydrogen-bond donors (Lipinski definition) is 0. The molecule has 0 aliphatic rings. The maximum Gasteiger partial charge on any atom is 0.293 e. The Kier molecular flexibility index (Phi) is 9.38. The van der Waals surface area contributed by atoms with Crippen LogP contribution in [0.4, 0.5) is 0 Å². The molecule has 1 atom stereocenters. The minimum atomic E-state index is -0.427. The molecule has 1 unspecified atom stereocenters. The van der Waals surface area contributed by atoms with Gasteiger partial charge in [0.25, 0.3) is 19.4 Å². The smallest absolute Gasteiger partial charge is 0.293 e. The van der Waals surface area contributed by atoms with Gasteiger partial charge in [-0.2, -0.15) is 0 Å². The van der Waals surface area contributed by atoms with E-state index >= 15 is 0 Å². The molecule has 0 aliphatic heterocycles. The molecule has 0 aromatic carbocycles. The zero-order chi connectivity index (χ0) is 11.4. The largest absolute Gasteiger partial charge is 0.468 e. The second kappa shape index (κ2) is 10.5. The molecular weight excluding hydrogens is 204 g/mol. The first-order valence-electron chi connectivity index (χ1n) is 4.54. The molecule has 0 bridgehead atoms. The molecular formula is C9H14O6. The van der Waals surface area contributed by atoms with E-state index in [1.165, 1.54) is 0 Å². The van der Waals surface area contributed by atoms with Crippen LogP contribution in [0.3, 0.4) is 0 Å². The Morgan fingerprint density at radius 3 is 2.27 bits per heavy atom. The van der Waals surface area contributed by atoms with E-state index in [1.807, 2.05) is 0 Å². The predicted molar refractivity (Wildman–Crippen MR) is 48.8 cm³/mol. The van der Waals surface area contributed by atoms with E-state index in [9.17, 15) is 14.4 Å². The van der Waals surface area contributed by atoms with Gasteiger partial charge in [0, 0.05) is 0 Å². The highest BCUT2D eigenvalue weighted by Crippen LogP contribution is 2.04. The van der Waals surface area contributed by atoms with Gasteiger partial charge in [0.1, 0.15) is 12.7 Å². The van der Waals surface area contributed by atoms with Gasteiger partial charge in [0.2, 0.25) is 0 Å².